The highest BCUT2D eigenvalue weighted by molar-refractivity contribution is 6.02. The van der Waals surface area contributed by atoms with Gasteiger partial charge in [-0.25, -0.2) is 0 Å². The SMILES string of the molecule is CC1(C)c2ccccc2-c2ccc(N(c3ccc(-c4ccc(-c5cccc6ccccc56)cc4)cc3)c3cccc(-c4ccccc4)c3-c3ccccc3-c3ccccc3)cc21. The van der Waals surface area contributed by atoms with Crippen LogP contribution in [0.5, 0.6) is 0 Å². The van der Waals surface area contributed by atoms with Crippen LogP contribution in [0.4, 0.5) is 17.1 Å². The van der Waals surface area contributed by atoms with Crippen molar-refractivity contribution in [3.63, 3.8) is 0 Å². The third kappa shape index (κ3) is 6.42. The van der Waals surface area contributed by atoms with Crippen LogP contribution in [0.15, 0.2) is 237 Å². The number of hydrogen-bond donors (Lipinski definition) is 0. The molecule has 0 aromatic heterocycles. The standard InChI is InChI=1S/C61H45N/c1-61(2)57-29-14-13-25-54(57)55-40-39-49(41-58(55)61)62(48-37-35-43(36-38-48)42-31-33-47(34-32-42)51-27-15-22-45-21-9-10-23-50(45)51)59-30-16-28-53(46-19-7-4-8-20-46)60(59)56-26-12-11-24-52(56)44-17-5-3-6-18-44/h3-41H,1-2H3. The van der Waals surface area contributed by atoms with Crippen molar-refractivity contribution in [2.24, 2.45) is 0 Å². The fraction of sp³-hybridized carbons (Fsp3) is 0.0492. The molecule has 11 rings (SSSR count). The van der Waals surface area contributed by atoms with E-state index in [4.69, 9.17) is 0 Å². The molecule has 0 heterocycles. The third-order valence-corrected chi connectivity index (χ3v) is 12.9. The van der Waals surface area contributed by atoms with Crippen molar-refractivity contribution in [1.82, 2.24) is 0 Å². The molecule has 10 aromatic carbocycles. The summed E-state index contributed by atoms with van der Waals surface area (Å²) in [6.07, 6.45) is 0. The maximum absolute atomic E-state index is 2.48. The Balaban J connectivity index is 1.09. The van der Waals surface area contributed by atoms with E-state index in [1.54, 1.807) is 0 Å². The lowest BCUT2D eigenvalue weighted by molar-refractivity contribution is 0.660. The Bertz CT molecular complexity index is 3230. The molecule has 0 radical (unpaired) electrons. The van der Waals surface area contributed by atoms with E-state index in [0.717, 1.165) is 17.1 Å². The van der Waals surface area contributed by atoms with E-state index in [-0.39, 0.29) is 5.41 Å². The summed E-state index contributed by atoms with van der Waals surface area (Å²) < 4.78 is 0. The molecule has 294 valence electrons. The van der Waals surface area contributed by atoms with Crippen molar-refractivity contribution < 1.29 is 0 Å². The minimum Gasteiger partial charge on any atom is -0.310 e. The summed E-state index contributed by atoms with van der Waals surface area (Å²) in [6, 6.07) is 86.7. The molecular formula is C61H45N. The van der Waals surface area contributed by atoms with Crippen LogP contribution < -0.4 is 4.90 Å². The summed E-state index contributed by atoms with van der Waals surface area (Å²) in [5, 5.41) is 2.53. The van der Waals surface area contributed by atoms with Gasteiger partial charge in [0, 0.05) is 22.4 Å². The maximum Gasteiger partial charge on any atom is 0.0546 e. The summed E-state index contributed by atoms with van der Waals surface area (Å²) in [4.78, 5) is 2.48. The van der Waals surface area contributed by atoms with Gasteiger partial charge in [0.1, 0.15) is 0 Å². The Morgan fingerprint density at radius 3 is 1.53 bits per heavy atom. The van der Waals surface area contributed by atoms with Gasteiger partial charge in [-0.1, -0.05) is 220 Å². The van der Waals surface area contributed by atoms with Gasteiger partial charge in [-0.05, 0) is 113 Å². The van der Waals surface area contributed by atoms with Gasteiger partial charge in [-0.2, -0.15) is 0 Å². The molecule has 0 fully saturated rings. The summed E-state index contributed by atoms with van der Waals surface area (Å²) in [6.45, 7) is 4.73. The molecule has 62 heavy (non-hydrogen) atoms. The van der Waals surface area contributed by atoms with Crippen molar-refractivity contribution in [1.29, 1.82) is 0 Å². The summed E-state index contributed by atoms with van der Waals surface area (Å²) >= 11 is 0. The smallest absolute Gasteiger partial charge is 0.0546 e. The molecule has 0 amide bonds. The second-order valence-electron chi connectivity index (χ2n) is 16.9. The molecule has 0 aliphatic heterocycles. The Morgan fingerprint density at radius 2 is 0.790 bits per heavy atom. The average molecular weight is 792 g/mol. The molecule has 0 saturated heterocycles. The number of hydrogen-bond acceptors (Lipinski definition) is 1. The average Bonchev–Trinajstić information content (AvgIpc) is 3.57. The Kier molecular flexibility index (Phi) is 9.24. The van der Waals surface area contributed by atoms with Gasteiger partial charge in [0.05, 0.1) is 5.69 Å². The fourth-order valence-electron chi connectivity index (χ4n) is 9.82. The largest absolute Gasteiger partial charge is 0.310 e. The minimum absolute atomic E-state index is 0.149. The van der Waals surface area contributed by atoms with Crippen molar-refractivity contribution in [2.75, 3.05) is 4.90 Å². The normalized spacial score (nSPS) is 12.5. The Labute approximate surface area is 364 Å². The highest BCUT2D eigenvalue weighted by atomic mass is 15.1. The van der Waals surface area contributed by atoms with Crippen molar-refractivity contribution in [3.05, 3.63) is 248 Å². The van der Waals surface area contributed by atoms with Crippen molar-refractivity contribution >= 4 is 27.8 Å². The first-order valence-corrected chi connectivity index (χ1v) is 21.6. The molecule has 1 aliphatic carbocycles. The molecular weight excluding hydrogens is 747 g/mol. The summed E-state index contributed by atoms with van der Waals surface area (Å²) in [7, 11) is 0. The summed E-state index contributed by atoms with van der Waals surface area (Å²) in [5.74, 6) is 0. The van der Waals surface area contributed by atoms with Gasteiger partial charge < -0.3 is 4.90 Å². The fourth-order valence-corrected chi connectivity index (χ4v) is 9.82. The van der Waals surface area contributed by atoms with E-state index in [1.807, 2.05) is 0 Å². The van der Waals surface area contributed by atoms with E-state index < -0.39 is 0 Å². The zero-order valence-corrected chi connectivity index (χ0v) is 35.0. The van der Waals surface area contributed by atoms with Crippen LogP contribution in [0.3, 0.4) is 0 Å². The number of fused-ring (bicyclic) bond motifs is 4. The van der Waals surface area contributed by atoms with Crippen molar-refractivity contribution in [2.45, 2.75) is 19.3 Å². The van der Waals surface area contributed by atoms with Gasteiger partial charge >= 0.3 is 0 Å². The van der Waals surface area contributed by atoms with E-state index in [2.05, 4.69) is 255 Å². The molecule has 1 aliphatic rings. The van der Waals surface area contributed by atoms with E-state index >= 15 is 0 Å². The van der Waals surface area contributed by atoms with Crippen molar-refractivity contribution in [3.8, 4) is 66.8 Å². The van der Waals surface area contributed by atoms with Crippen LogP contribution in [0, 0.1) is 0 Å². The molecule has 0 saturated carbocycles. The highest BCUT2D eigenvalue weighted by Crippen LogP contribution is 2.53. The quantitative estimate of drug-likeness (QED) is 0.148. The molecule has 0 unspecified atom stereocenters. The van der Waals surface area contributed by atoms with Gasteiger partial charge in [0.15, 0.2) is 0 Å². The maximum atomic E-state index is 2.48. The van der Waals surface area contributed by atoms with E-state index in [1.165, 1.54) is 88.7 Å². The first-order valence-electron chi connectivity index (χ1n) is 21.6. The predicted octanol–water partition coefficient (Wildman–Crippen LogP) is 17.0. The lowest BCUT2D eigenvalue weighted by Crippen LogP contribution is -2.17. The summed E-state index contributed by atoms with van der Waals surface area (Å²) in [5.41, 5.74) is 20.5. The van der Waals surface area contributed by atoms with E-state index in [9.17, 15) is 0 Å². The molecule has 0 spiro atoms. The lowest BCUT2D eigenvalue weighted by Gasteiger charge is -2.31. The molecule has 0 bridgehead atoms. The number of anilines is 3. The molecule has 1 heteroatoms. The minimum atomic E-state index is -0.149. The van der Waals surface area contributed by atoms with Crippen LogP contribution in [-0.2, 0) is 5.41 Å². The molecule has 0 N–H and O–H groups in total. The molecule has 10 aromatic rings. The molecule has 0 atom stereocenters. The van der Waals surface area contributed by atoms with Crippen LogP contribution in [0.2, 0.25) is 0 Å². The number of nitrogens with zero attached hydrogens (tertiary/aromatic N) is 1. The highest BCUT2D eigenvalue weighted by Gasteiger charge is 2.36. The second kappa shape index (κ2) is 15.4. The number of rotatable bonds is 8. The van der Waals surface area contributed by atoms with Gasteiger partial charge in [0.25, 0.3) is 0 Å². The van der Waals surface area contributed by atoms with Gasteiger partial charge in [0.2, 0.25) is 0 Å². The second-order valence-corrected chi connectivity index (χ2v) is 16.9. The topological polar surface area (TPSA) is 3.24 Å². The van der Waals surface area contributed by atoms with Gasteiger partial charge in [-0.15, -0.1) is 0 Å². The molecule has 1 nitrogen and oxygen atoms in total. The lowest BCUT2D eigenvalue weighted by atomic mass is 9.82. The monoisotopic (exact) mass is 791 g/mol. The van der Waals surface area contributed by atoms with Crippen LogP contribution in [0.1, 0.15) is 25.0 Å². The number of benzene rings is 10. The predicted molar refractivity (Wildman–Crippen MR) is 263 cm³/mol. The van der Waals surface area contributed by atoms with Crippen LogP contribution in [-0.4, -0.2) is 0 Å². The van der Waals surface area contributed by atoms with Crippen LogP contribution >= 0.6 is 0 Å². The Morgan fingerprint density at radius 1 is 0.306 bits per heavy atom. The van der Waals surface area contributed by atoms with E-state index in [0.29, 0.717) is 0 Å². The first-order chi connectivity index (χ1) is 30.5. The zero-order valence-electron chi connectivity index (χ0n) is 35.0. The third-order valence-electron chi connectivity index (χ3n) is 12.9. The zero-order chi connectivity index (χ0) is 41.6. The van der Waals surface area contributed by atoms with Crippen LogP contribution in [0.25, 0.3) is 77.5 Å². The first kappa shape index (κ1) is 37.3. The Hall–Kier alpha value is -7.74. The van der Waals surface area contributed by atoms with Gasteiger partial charge in [-0.3, -0.25) is 0 Å².